The van der Waals surface area contributed by atoms with Crippen LogP contribution < -0.4 is 48.5 Å². The molecule has 0 atom stereocenters. The molecule has 12 heteroatoms. The molecule has 0 heterocycles. The summed E-state index contributed by atoms with van der Waals surface area (Å²) in [5, 5.41) is 10.4. The number of hydrogen-bond acceptors (Lipinski definition) is 6. The summed E-state index contributed by atoms with van der Waals surface area (Å²) in [5.41, 5.74) is 18.5. The van der Waals surface area contributed by atoms with Crippen molar-refractivity contribution in [2.24, 2.45) is 0 Å². The van der Waals surface area contributed by atoms with Crippen molar-refractivity contribution in [3.8, 4) is 80.4 Å². The van der Waals surface area contributed by atoms with Gasteiger partial charge in [0.25, 0.3) is 16.6 Å². The first-order valence-corrected chi connectivity index (χ1v) is 53.3. The van der Waals surface area contributed by atoms with Gasteiger partial charge in [-0.3, -0.25) is 0 Å². The van der Waals surface area contributed by atoms with E-state index in [4.69, 9.17) is 27.8 Å². The fraction of sp³-hybridized carbons (Fsp3) is 0.520. The van der Waals surface area contributed by atoms with Gasteiger partial charge in [0.05, 0.1) is 26.4 Å². The van der Waals surface area contributed by atoms with E-state index < -0.39 is 16.6 Å². The van der Waals surface area contributed by atoms with Crippen LogP contribution >= 0.6 is 0 Å². The predicted octanol–water partition coefficient (Wildman–Crippen LogP) is 24.8. The average molecular weight is 1600 g/mol. The Bertz CT molecular complexity index is 4070. The molecule has 0 N–H and O–H groups in total. The zero-order valence-corrected chi connectivity index (χ0v) is 77.5. The lowest BCUT2D eigenvalue weighted by Gasteiger charge is -2.40. The van der Waals surface area contributed by atoms with Gasteiger partial charge in [-0.25, -0.2) is 0 Å². The van der Waals surface area contributed by atoms with Crippen LogP contribution in [0.2, 0.25) is 36.3 Å². The zero-order chi connectivity index (χ0) is 79.9. The van der Waals surface area contributed by atoms with Crippen molar-refractivity contribution in [3.63, 3.8) is 0 Å². The number of rotatable bonds is 48. The summed E-state index contributed by atoms with van der Waals surface area (Å²) < 4.78 is 41.0. The standard InChI is InChI=1S/C100H134O6Si6/c1-15-19-23-27-31-35-39-43-67-101-81-47-55-85(56-48-81)107-71-63-79-75-91-89(65-73-109-87-59-51-83(52-60-87)103-69-45-41-37-33-29-25-21-17-3)90(66-74-110-88-61-53-84(54-62-88)104-70-46-42-38-34-30-26-22-18-4)92-76-80(64-72-108-86-57-49-82(50-58-86)102-68-44-40-36-32-28-24-20-16-2)78-94-96(92)95(91)93(77-79)97(105-111(11,12)99(5,6)7)98(94)106-112(13,14)100(8,9)10/h47-62,75-78H,15-46,67-70H2,1-14H3. The molecule has 0 aliphatic heterocycles. The van der Waals surface area contributed by atoms with Crippen molar-refractivity contribution in [1.29, 1.82) is 0 Å². The van der Waals surface area contributed by atoms with E-state index in [2.05, 4.69) is 263 Å². The molecule has 8 rings (SSSR count). The second-order valence-corrected chi connectivity index (χ2v) is 47.7. The third-order valence-electron chi connectivity index (χ3n) is 22.4. The molecule has 0 saturated heterocycles. The highest BCUT2D eigenvalue weighted by Crippen LogP contribution is 2.54. The Balaban J connectivity index is 1.26. The lowest BCUT2D eigenvalue weighted by molar-refractivity contribution is 0.304. The molecule has 6 nitrogen and oxygen atoms in total. The maximum absolute atomic E-state index is 7.93. The van der Waals surface area contributed by atoms with Gasteiger partial charge >= 0.3 is 0 Å². The van der Waals surface area contributed by atoms with Gasteiger partial charge in [0.1, 0.15) is 23.0 Å². The Labute approximate surface area is 692 Å². The van der Waals surface area contributed by atoms with Crippen LogP contribution in [0, 0.1) is 45.9 Å². The predicted molar refractivity (Wildman–Crippen MR) is 493 cm³/mol. The molecule has 0 fully saturated rings. The quantitative estimate of drug-likeness (QED) is 0.0164. The van der Waals surface area contributed by atoms with Crippen molar-refractivity contribution in [2.75, 3.05) is 26.4 Å². The number of benzene rings is 8. The van der Waals surface area contributed by atoms with E-state index in [1.807, 2.05) is 0 Å². The summed E-state index contributed by atoms with van der Waals surface area (Å²) in [6, 6.07) is 43.5. The van der Waals surface area contributed by atoms with Crippen molar-refractivity contribution in [3.05, 3.63) is 144 Å². The van der Waals surface area contributed by atoms with Crippen LogP contribution in [0.4, 0.5) is 0 Å². The number of ether oxygens (including phenoxy) is 4. The lowest BCUT2D eigenvalue weighted by atomic mass is 9.85. The van der Waals surface area contributed by atoms with E-state index in [1.165, 1.54) is 180 Å². The zero-order valence-electron chi connectivity index (χ0n) is 71.5. The van der Waals surface area contributed by atoms with Gasteiger partial charge in [0, 0.05) is 54.6 Å². The SMILES string of the molecule is CCCCCCCCCCOc1ccc([Si]C#Cc2cc3c(C#C[Si]c4ccc(OCCCCCCCCCC)cc4)c(C#C[Si]c4ccc(OCCCCCCCCCC)cc4)c4cc(C#C[Si]c5ccc(OCCCCCCCCCC)cc5)cc5c(O[Si](C)(C)C(C)(C)C)c(O[Si](C)(C)C(C)(C)C)c(c2)c3c45)cc1. The highest BCUT2D eigenvalue weighted by molar-refractivity contribution is 6.76. The molecule has 0 bridgehead atoms. The molecule has 0 unspecified atom stereocenters. The normalized spacial score (nSPS) is 11.7. The largest absolute Gasteiger partial charge is 0.541 e. The van der Waals surface area contributed by atoms with E-state index >= 15 is 0 Å². The molecule has 594 valence electrons. The Hall–Kier alpha value is -6.86. The van der Waals surface area contributed by atoms with Gasteiger partial charge in [-0.1, -0.05) is 321 Å². The monoisotopic (exact) mass is 1600 g/mol. The Morgan fingerprint density at radius 3 is 0.723 bits per heavy atom. The molecule has 0 aliphatic rings. The summed E-state index contributed by atoms with van der Waals surface area (Å²) in [7, 11) is -4.36. The molecular weight excluding hydrogens is 1470 g/mol. The summed E-state index contributed by atoms with van der Waals surface area (Å²) in [4.78, 5) is 0. The van der Waals surface area contributed by atoms with E-state index in [1.54, 1.807) is 0 Å². The minimum Gasteiger partial charge on any atom is -0.541 e. The number of unbranched alkanes of at least 4 members (excludes halogenated alkanes) is 28. The maximum atomic E-state index is 7.93. The molecule has 0 aromatic heterocycles. The first-order chi connectivity index (χ1) is 54.2. The number of hydrogen-bond donors (Lipinski definition) is 0. The summed E-state index contributed by atoms with van der Waals surface area (Å²) >= 11 is 0. The molecule has 8 aromatic rings. The molecular formula is C100H134O6Si6. The van der Waals surface area contributed by atoms with E-state index in [-0.39, 0.29) is 48.2 Å². The topological polar surface area (TPSA) is 55.4 Å². The summed E-state index contributed by atoms with van der Waals surface area (Å²) in [6.45, 7) is 35.4. The second-order valence-electron chi connectivity index (χ2n) is 33.9. The molecule has 0 spiro atoms. The van der Waals surface area contributed by atoms with Gasteiger partial charge in [0.15, 0.2) is 49.6 Å². The maximum Gasteiger partial charge on any atom is 0.250 e. The second kappa shape index (κ2) is 48.5. The van der Waals surface area contributed by atoms with E-state index in [9.17, 15) is 0 Å². The fourth-order valence-corrected chi connectivity index (χ4v) is 18.2. The van der Waals surface area contributed by atoms with Gasteiger partial charge in [0.2, 0.25) is 0 Å². The Kier molecular flexibility index (Phi) is 39.3. The fourth-order valence-electron chi connectivity index (χ4n) is 13.4. The van der Waals surface area contributed by atoms with Crippen LogP contribution in [-0.2, 0) is 0 Å². The van der Waals surface area contributed by atoms with Crippen molar-refractivity contribution < 1.29 is 27.8 Å². The van der Waals surface area contributed by atoms with Crippen molar-refractivity contribution in [2.45, 2.75) is 311 Å². The molecule has 112 heavy (non-hydrogen) atoms. The van der Waals surface area contributed by atoms with Gasteiger partial charge < -0.3 is 27.8 Å². The van der Waals surface area contributed by atoms with Gasteiger partial charge in [-0.15, -0.1) is 22.2 Å². The minimum absolute atomic E-state index is 0.148. The summed E-state index contributed by atoms with van der Waals surface area (Å²) in [6.07, 6.45) is 40.7. The summed E-state index contributed by atoms with van der Waals surface area (Å²) in [5.74, 6) is 20.5. The van der Waals surface area contributed by atoms with Crippen LogP contribution in [0.5, 0.6) is 34.5 Å². The van der Waals surface area contributed by atoms with Crippen molar-refractivity contribution >= 4 is 108 Å². The smallest absolute Gasteiger partial charge is 0.250 e. The van der Waals surface area contributed by atoms with Crippen LogP contribution in [0.15, 0.2) is 121 Å². The molecule has 0 saturated carbocycles. The first-order valence-electron chi connectivity index (χ1n) is 43.5. The highest BCUT2D eigenvalue weighted by atomic mass is 28.4. The highest BCUT2D eigenvalue weighted by Gasteiger charge is 2.44. The van der Waals surface area contributed by atoms with Crippen LogP contribution in [0.25, 0.3) is 32.3 Å². The Morgan fingerprint density at radius 2 is 0.491 bits per heavy atom. The third-order valence-corrected chi connectivity index (χ3v) is 34.6. The molecule has 0 amide bonds. The van der Waals surface area contributed by atoms with Crippen LogP contribution in [-0.4, -0.2) is 81.1 Å². The van der Waals surface area contributed by atoms with Crippen LogP contribution in [0.1, 0.15) is 297 Å². The molecule has 0 aliphatic carbocycles. The van der Waals surface area contributed by atoms with E-state index in [0.29, 0.717) is 0 Å². The first kappa shape index (κ1) is 90.7. The van der Waals surface area contributed by atoms with Gasteiger partial charge in [-0.05, 0) is 155 Å². The van der Waals surface area contributed by atoms with Gasteiger partial charge in [-0.2, -0.15) is 0 Å². The van der Waals surface area contributed by atoms with Crippen LogP contribution in [0.3, 0.4) is 0 Å². The lowest BCUT2D eigenvalue weighted by Crippen LogP contribution is -2.45. The Morgan fingerprint density at radius 1 is 0.277 bits per heavy atom. The minimum atomic E-state index is -2.63. The molecule has 8 radical (unpaired) electrons. The average Bonchev–Trinajstić information content (AvgIpc) is 0.699. The van der Waals surface area contributed by atoms with E-state index in [0.717, 1.165) is 162 Å². The molecule has 8 aromatic carbocycles. The van der Waals surface area contributed by atoms with Crippen molar-refractivity contribution in [1.82, 2.24) is 0 Å². The third kappa shape index (κ3) is 30.1.